The lowest BCUT2D eigenvalue weighted by molar-refractivity contribution is 0.104. The molecule has 0 saturated carbocycles. The second kappa shape index (κ2) is 6.19. The largest absolute Gasteiger partial charge is 0.497 e. The zero-order chi connectivity index (χ0) is 17.6. The summed E-state index contributed by atoms with van der Waals surface area (Å²) in [6.45, 7) is 0.504. The molecule has 0 amide bonds. The molecule has 1 aromatic carbocycles. The SMILES string of the molecule is COc1ccc2c(c1)C(=O)c1c3c(c(=O)n(CCCCl)c1-2)C=CCC3. The van der Waals surface area contributed by atoms with Crippen LogP contribution >= 0.6 is 11.6 Å². The molecule has 0 fully saturated rings. The van der Waals surface area contributed by atoms with Crippen molar-refractivity contribution < 1.29 is 9.53 Å². The maximum Gasteiger partial charge on any atom is 0.258 e. The van der Waals surface area contributed by atoms with Crippen LogP contribution < -0.4 is 10.3 Å². The lowest BCUT2D eigenvalue weighted by Gasteiger charge is -2.19. The van der Waals surface area contributed by atoms with E-state index in [2.05, 4.69) is 0 Å². The van der Waals surface area contributed by atoms with Gasteiger partial charge >= 0.3 is 0 Å². The molecule has 4 rings (SSSR count). The van der Waals surface area contributed by atoms with Gasteiger partial charge in [0, 0.05) is 29.1 Å². The summed E-state index contributed by atoms with van der Waals surface area (Å²) in [6.07, 6.45) is 6.09. The predicted octanol–water partition coefficient (Wildman–Crippen LogP) is 3.66. The molecular formula is C20H18ClNO3. The normalized spacial score (nSPS) is 14.2. The van der Waals surface area contributed by atoms with Crippen LogP contribution in [0, 0.1) is 0 Å². The molecule has 0 N–H and O–H groups in total. The van der Waals surface area contributed by atoms with Crippen LogP contribution in [0.1, 0.15) is 39.9 Å². The maximum absolute atomic E-state index is 13.1. The van der Waals surface area contributed by atoms with Crippen LogP contribution in [0.2, 0.25) is 0 Å². The minimum atomic E-state index is -0.0358. The van der Waals surface area contributed by atoms with Gasteiger partial charge in [-0.1, -0.05) is 12.2 Å². The smallest absolute Gasteiger partial charge is 0.258 e. The fourth-order valence-electron chi connectivity index (χ4n) is 3.78. The molecule has 128 valence electrons. The van der Waals surface area contributed by atoms with Crippen LogP contribution in [0.25, 0.3) is 17.3 Å². The fourth-order valence-corrected chi connectivity index (χ4v) is 3.90. The fraction of sp³-hybridized carbons (Fsp3) is 0.300. The Hall–Kier alpha value is -2.33. The molecule has 5 heteroatoms. The molecule has 25 heavy (non-hydrogen) atoms. The summed E-state index contributed by atoms with van der Waals surface area (Å²) in [5, 5.41) is 0. The van der Waals surface area contributed by atoms with Gasteiger partial charge in [-0.25, -0.2) is 0 Å². The first-order valence-corrected chi connectivity index (χ1v) is 8.96. The van der Waals surface area contributed by atoms with Crippen LogP contribution in [0.5, 0.6) is 5.75 Å². The van der Waals surface area contributed by atoms with Crippen LogP contribution in [-0.4, -0.2) is 23.3 Å². The van der Waals surface area contributed by atoms with Crippen molar-refractivity contribution in [3.63, 3.8) is 0 Å². The summed E-state index contributed by atoms with van der Waals surface area (Å²) in [5.41, 5.74) is 4.33. The number of nitrogens with zero attached hydrogens (tertiary/aromatic N) is 1. The summed E-state index contributed by atoms with van der Waals surface area (Å²) in [7, 11) is 1.58. The van der Waals surface area contributed by atoms with Crippen molar-refractivity contribution in [2.45, 2.75) is 25.8 Å². The Morgan fingerprint density at radius 1 is 1.24 bits per heavy atom. The van der Waals surface area contributed by atoms with Gasteiger partial charge in [-0.15, -0.1) is 11.6 Å². The Bertz CT molecular complexity index is 972. The Morgan fingerprint density at radius 2 is 2.08 bits per heavy atom. The average Bonchev–Trinajstić information content (AvgIpc) is 2.94. The average molecular weight is 356 g/mol. The van der Waals surface area contributed by atoms with E-state index in [1.807, 2.05) is 24.3 Å². The van der Waals surface area contributed by atoms with E-state index < -0.39 is 0 Å². The highest BCUT2D eigenvalue weighted by molar-refractivity contribution is 6.22. The number of allylic oxidation sites excluding steroid dienone is 1. The number of ketones is 1. The quantitative estimate of drug-likeness (QED) is 0.671. The Kier molecular flexibility index (Phi) is 4.00. The predicted molar refractivity (Wildman–Crippen MR) is 98.8 cm³/mol. The lowest BCUT2D eigenvalue weighted by Crippen LogP contribution is -2.28. The number of benzene rings is 1. The van der Waals surface area contributed by atoms with Gasteiger partial charge in [0.15, 0.2) is 5.78 Å². The Labute approximate surface area is 150 Å². The number of hydrogen-bond donors (Lipinski definition) is 0. The second-order valence-electron chi connectivity index (χ2n) is 6.30. The van der Waals surface area contributed by atoms with E-state index in [4.69, 9.17) is 16.3 Å². The van der Waals surface area contributed by atoms with Crippen LogP contribution in [-0.2, 0) is 13.0 Å². The maximum atomic E-state index is 13.1. The molecule has 0 aliphatic heterocycles. The molecule has 0 unspecified atom stereocenters. The molecule has 0 saturated heterocycles. The van der Waals surface area contributed by atoms with E-state index in [1.165, 1.54) is 0 Å². The van der Waals surface area contributed by atoms with Gasteiger partial charge < -0.3 is 9.30 Å². The van der Waals surface area contributed by atoms with Gasteiger partial charge in [0.25, 0.3) is 5.56 Å². The first-order valence-electron chi connectivity index (χ1n) is 8.42. The first kappa shape index (κ1) is 16.2. The number of aromatic nitrogens is 1. The molecule has 1 heterocycles. The molecule has 0 atom stereocenters. The number of alkyl halides is 1. The highest BCUT2D eigenvalue weighted by Gasteiger charge is 2.34. The molecule has 4 nitrogen and oxygen atoms in total. The van der Waals surface area contributed by atoms with Crippen LogP contribution in [0.4, 0.5) is 0 Å². The van der Waals surface area contributed by atoms with E-state index in [9.17, 15) is 9.59 Å². The van der Waals surface area contributed by atoms with E-state index in [0.29, 0.717) is 41.3 Å². The zero-order valence-corrected chi connectivity index (χ0v) is 14.7. The van der Waals surface area contributed by atoms with Gasteiger partial charge in [-0.2, -0.15) is 0 Å². The minimum absolute atomic E-state index is 0.0185. The van der Waals surface area contributed by atoms with Crippen molar-refractivity contribution in [1.29, 1.82) is 0 Å². The number of carbonyl (C=O) groups excluding carboxylic acids is 1. The number of methoxy groups -OCH3 is 1. The standard InChI is InChI=1S/C20H18ClNO3/c1-25-12-7-8-14-16(11-12)19(23)17-13-5-2-3-6-15(13)20(24)22(18(14)17)10-4-9-21/h3,6-8,11H,2,4-5,9-10H2,1H3. The zero-order valence-electron chi connectivity index (χ0n) is 14.0. The van der Waals surface area contributed by atoms with E-state index >= 15 is 0 Å². The first-order chi connectivity index (χ1) is 12.2. The van der Waals surface area contributed by atoms with E-state index in [-0.39, 0.29) is 11.3 Å². The number of ether oxygens (including phenoxy) is 1. The highest BCUT2D eigenvalue weighted by Crippen LogP contribution is 2.41. The number of hydrogen-bond acceptors (Lipinski definition) is 3. The van der Waals surface area contributed by atoms with Gasteiger partial charge in [0.1, 0.15) is 5.75 Å². The molecule has 2 aliphatic rings. The van der Waals surface area contributed by atoms with Crippen molar-refractivity contribution in [1.82, 2.24) is 4.57 Å². The molecule has 2 aliphatic carbocycles. The van der Waals surface area contributed by atoms with E-state index in [1.54, 1.807) is 17.7 Å². The third kappa shape index (κ3) is 2.35. The monoisotopic (exact) mass is 355 g/mol. The van der Waals surface area contributed by atoms with E-state index in [0.717, 1.165) is 29.7 Å². The number of halogens is 1. The lowest BCUT2D eigenvalue weighted by atomic mass is 9.92. The van der Waals surface area contributed by atoms with Crippen molar-refractivity contribution in [3.8, 4) is 17.0 Å². The van der Waals surface area contributed by atoms with Crippen molar-refractivity contribution in [2.75, 3.05) is 13.0 Å². The number of pyridine rings is 1. The van der Waals surface area contributed by atoms with Crippen molar-refractivity contribution >= 4 is 23.5 Å². The van der Waals surface area contributed by atoms with Gasteiger partial charge in [-0.3, -0.25) is 9.59 Å². The molecule has 2 aromatic rings. The summed E-state index contributed by atoms with van der Waals surface area (Å²) < 4.78 is 6.99. The Balaban J connectivity index is 2.05. The van der Waals surface area contributed by atoms with Crippen LogP contribution in [0.3, 0.4) is 0 Å². The topological polar surface area (TPSA) is 48.3 Å². The number of rotatable bonds is 4. The van der Waals surface area contributed by atoms with Crippen molar-refractivity contribution in [3.05, 3.63) is 56.9 Å². The Morgan fingerprint density at radius 3 is 2.84 bits per heavy atom. The van der Waals surface area contributed by atoms with Crippen molar-refractivity contribution in [2.24, 2.45) is 0 Å². The summed E-state index contributed by atoms with van der Waals surface area (Å²) in [6, 6.07) is 5.47. The van der Waals surface area contributed by atoms with Gasteiger partial charge in [-0.05, 0) is 43.0 Å². The second-order valence-corrected chi connectivity index (χ2v) is 6.67. The molecular weight excluding hydrogens is 338 g/mol. The third-order valence-corrected chi connectivity index (χ3v) is 5.19. The summed E-state index contributed by atoms with van der Waals surface area (Å²) in [5.74, 6) is 1.09. The molecule has 0 radical (unpaired) electrons. The van der Waals surface area contributed by atoms with Gasteiger partial charge in [0.2, 0.25) is 0 Å². The number of carbonyl (C=O) groups is 1. The molecule has 0 spiro atoms. The summed E-state index contributed by atoms with van der Waals surface area (Å²) in [4.78, 5) is 26.2. The molecule has 1 aromatic heterocycles. The third-order valence-electron chi connectivity index (χ3n) is 4.92. The highest BCUT2D eigenvalue weighted by atomic mass is 35.5. The number of fused-ring (bicyclic) bond motifs is 5. The molecule has 0 bridgehead atoms. The van der Waals surface area contributed by atoms with Gasteiger partial charge in [0.05, 0.1) is 18.4 Å². The minimum Gasteiger partial charge on any atom is -0.497 e. The van der Waals surface area contributed by atoms with Crippen LogP contribution in [0.15, 0.2) is 29.1 Å². The summed E-state index contributed by atoms with van der Waals surface area (Å²) >= 11 is 5.85.